The van der Waals surface area contributed by atoms with Crippen LogP contribution in [0.15, 0.2) is 23.1 Å². The fourth-order valence-electron chi connectivity index (χ4n) is 3.11. The van der Waals surface area contributed by atoms with Crippen LogP contribution in [0, 0.1) is 0 Å². The average Bonchev–Trinajstić information content (AvgIpc) is 2.95. The molecule has 2 fully saturated rings. The number of benzene rings is 1. The van der Waals surface area contributed by atoms with Crippen molar-refractivity contribution in [2.45, 2.75) is 19.3 Å². The van der Waals surface area contributed by atoms with Crippen molar-refractivity contribution in [2.24, 2.45) is 0 Å². The number of hydrogen-bond acceptors (Lipinski definition) is 6. The van der Waals surface area contributed by atoms with Gasteiger partial charge in [0.05, 0.1) is 19.1 Å². The van der Waals surface area contributed by atoms with Gasteiger partial charge in [-0.15, -0.1) is 0 Å². The molecule has 0 unspecified atom stereocenters. The Kier molecular flexibility index (Phi) is 6.38. The van der Waals surface area contributed by atoms with Crippen LogP contribution in [-0.2, 0) is 9.59 Å². The summed E-state index contributed by atoms with van der Waals surface area (Å²) in [5.41, 5.74) is 0.801. The molecule has 8 heteroatoms. The van der Waals surface area contributed by atoms with Crippen molar-refractivity contribution in [3.05, 3.63) is 28.7 Å². The van der Waals surface area contributed by atoms with E-state index in [4.69, 9.17) is 21.7 Å². The first kappa shape index (κ1) is 19.7. The van der Waals surface area contributed by atoms with Crippen LogP contribution in [0.1, 0.15) is 24.8 Å². The van der Waals surface area contributed by atoms with Crippen LogP contribution in [0.3, 0.4) is 0 Å². The van der Waals surface area contributed by atoms with E-state index in [1.165, 1.54) is 16.7 Å². The smallest absolute Gasteiger partial charge is 0.266 e. The molecular weight excluding hydrogens is 384 g/mol. The fourth-order valence-corrected chi connectivity index (χ4v) is 4.36. The molecule has 3 rings (SSSR count). The summed E-state index contributed by atoms with van der Waals surface area (Å²) in [5.74, 6) is 0.930. The van der Waals surface area contributed by atoms with Gasteiger partial charge in [0.1, 0.15) is 10.9 Å². The number of amides is 2. The second-order valence-electron chi connectivity index (χ2n) is 6.32. The zero-order chi connectivity index (χ0) is 19.4. The fraction of sp³-hybridized carbons (Fsp3) is 0.421. The van der Waals surface area contributed by atoms with Gasteiger partial charge < -0.3 is 14.4 Å². The van der Waals surface area contributed by atoms with E-state index in [1.807, 2.05) is 11.0 Å². The standard InChI is InChI=1S/C19H22N2O4S2/c1-24-14-7-6-13(10-15(14)25-2)11-16-18(23)21(19(26)27-16)12-17(22)20-8-4-3-5-9-20/h6-7,10-11H,3-5,8-9,12H2,1-2H3/b16-11+. The summed E-state index contributed by atoms with van der Waals surface area (Å²) in [6.45, 7) is 1.53. The number of nitrogens with zero attached hydrogens (tertiary/aromatic N) is 2. The first-order chi connectivity index (χ1) is 13.0. The lowest BCUT2D eigenvalue weighted by molar-refractivity contribution is -0.136. The third-order valence-electron chi connectivity index (χ3n) is 4.58. The lowest BCUT2D eigenvalue weighted by Crippen LogP contribution is -2.44. The minimum absolute atomic E-state index is 0.00788. The van der Waals surface area contributed by atoms with E-state index >= 15 is 0 Å². The Bertz CT molecular complexity index is 788. The highest BCUT2D eigenvalue weighted by Crippen LogP contribution is 2.34. The molecule has 0 N–H and O–H groups in total. The number of likely N-dealkylation sites (tertiary alicyclic amines) is 1. The molecule has 0 spiro atoms. The lowest BCUT2D eigenvalue weighted by atomic mass is 10.1. The molecule has 6 nitrogen and oxygen atoms in total. The van der Waals surface area contributed by atoms with Crippen molar-refractivity contribution in [3.63, 3.8) is 0 Å². The Morgan fingerprint density at radius 3 is 2.56 bits per heavy atom. The highest BCUT2D eigenvalue weighted by Gasteiger charge is 2.34. The molecule has 2 amide bonds. The summed E-state index contributed by atoms with van der Waals surface area (Å²) in [4.78, 5) is 28.9. The van der Waals surface area contributed by atoms with Crippen molar-refractivity contribution in [1.82, 2.24) is 9.80 Å². The Morgan fingerprint density at radius 2 is 1.89 bits per heavy atom. The molecule has 0 aliphatic carbocycles. The van der Waals surface area contributed by atoms with Crippen LogP contribution in [0.25, 0.3) is 6.08 Å². The number of carbonyl (C=O) groups is 2. The number of ether oxygens (including phenoxy) is 2. The van der Waals surface area contributed by atoms with Crippen LogP contribution in [-0.4, -0.2) is 59.8 Å². The summed E-state index contributed by atoms with van der Waals surface area (Å²) in [6.07, 6.45) is 4.94. The number of rotatable bonds is 5. The van der Waals surface area contributed by atoms with E-state index in [1.54, 1.807) is 32.4 Å². The minimum Gasteiger partial charge on any atom is -0.493 e. The molecule has 27 heavy (non-hydrogen) atoms. The maximum atomic E-state index is 12.7. The van der Waals surface area contributed by atoms with Crippen molar-refractivity contribution in [1.29, 1.82) is 0 Å². The Balaban J connectivity index is 1.73. The van der Waals surface area contributed by atoms with Gasteiger partial charge in [-0.05, 0) is 43.0 Å². The molecule has 0 radical (unpaired) electrons. The molecule has 2 aliphatic rings. The van der Waals surface area contributed by atoms with E-state index in [0.717, 1.165) is 37.9 Å². The van der Waals surface area contributed by atoms with Crippen LogP contribution in [0.4, 0.5) is 0 Å². The predicted molar refractivity (Wildman–Crippen MR) is 110 cm³/mol. The molecular formula is C19H22N2O4S2. The van der Waals surface area contributed by atoms with Gasteiger partial charge in [-0.25, -0.2) is 0 Å². The van der Waals surface area contributed by atoms with Crippen LogP contribution < -0.4 is 9.47 Å². The SMILES string of the molecule is COc1ccc(/C=C2/SC(=S)N(CC(=O)N3CCCCC3)C2=O)cc1OC. The topological polar surface area (TPSA) is 59.1 Å². The largest absolute Gasteiger partial charge is 0.493 e. The quantitative estimate of drug-likeness (QED) is 0.554. The molecule has 2 saturated heterocycles. The summed E-state index contributed by atoms with van der Waals surface area (Å²) < 4.78 is 10.9. The Hall–Kier alpha value is -2.06. The van der Waals surface area contributed by atoms with Crippen molar-refractivity contribution in [3.8, 4) is 11.5 Å². The Morgan fingerprint density at radius 1 is 1.19 bits per heavy atom. The third-order valence-corrected chi connectivity index (χ3v) is 5.96. The van der Waals surface area contributed by atoms with Crippen molar-refractivity contribution >= 4 is 46.2 Å². The van der Waals surface area contributed by atoms with Crippen LogP contribution in [0.2, 0.25) is 0 Å². The molecule has 0 bridgehead atoms. The molecule has 144 valence electrons. The van der Waals surface area contributed by atoms with Gasteiger partial charge in [0, 0.05) is 13.1 Å². The van der Waals surface area contributed by atoms with Gasteiger partial charge in [0.2, 0.25) is 5.91 Å². The molecule has 0 aromatic heterocycles. The highest BCUT2D eigenvalue weighted by molar-refractivity contribution is 8.26. The van der Waals surface area contributed by atoms with Crippen molar-refractivity contribution < 1.29 is 19.1 Å². The zero-order valence-electron chi connectivity index (χ0n) is 15.4. The first-order valence-electron chi connectivity index (χ1n) is 8.78. The van der Waals surface area contributed by atoms with Crippen LogP contribution in [0.5, 0.6) is 11.5 Å². The lowest BCUT2D eigenvalue weighted by Gasteiger charge is -2.28. The van der Waals surface area contributed by atoms with Gasteiger partial charge in [0.25, 0.3) is 5.91 Å². The van der Waals surface area contributed by atoms with Gasteiger partial charge >= 0.3 is 0 Å². The number of carbonyl (C=O) groups excluding carboxylic acids is 2. The molecule has 0 saturated carbocycles. The molecule has 0 atom stereocenters. The number of thiocarbonyl (C=S) groups is 1. The maximum absolute atomic E-state index is 12.7. The maximum Gasteiger partial charge on any atom is 0.266 e. The first-order valence-corrected chi connectivity index (χ1v) is 10.0. The Labute approximate surface area is 168 Å². The number of hydrogen-bond donors (Lipinski definition) is 0. The van der Waals surface area contributed by atoms with E-state index in [9.17, 15) is 9.59 Å². The zero-order valence-corrected chi connectivity index (χ0v) is 17.0. The molecule has 1 aromatic rings. The third kappa shape index (κ3) is 4.44. The van der Waals surface area contributed by atoms with Gasteiger partial charge in [-0.3, -0.25) is 14.5 Å². The minimum atomic E-state index is -0.231. The molecule has 2 heterocycles. The average molecular weight is 407 g/mol. The summed E-state index contributed by atoms with van der Waals surface area (Å²) in [7, 11) is 3.13. The van der Waals surface area contributed by atoms with E-state index in [2.05, 4.69) is 0 Å². The number of methoxy groups -OCH3 is 2. The van der Waals surface area contributed by atoms with E-state index in [-0.39, 0.29) is 18.4 Å². The summed E-state index contributed by atoms with van der Waals surface area (Å²) >= 11 is 6.55. The second kappa shape index (κ2) is 8.75. The predicted octanol–water partition coefficient (Wildman–Crippen LogP) is 2.92. The van der Waals surface area contributed by atoms with Gasteiger partial charge in [0.15, 0.2) is 11.5 Å². The highest BCUT2D eigenvalue weighted by atomic mass is 32.2. The van der Waals surface area contributed by atoms with Gasteiger partial charge in [-0.2, -0.15) is 0 Å². The normalized spacial score (nSPS) is 19.0. The van der Waals surface area contributed by atoms with E-state index in [0.29, 0.717) is 20.7 Å². The number of thioether (sulfide) groups is 1. The van der Waals surface area contributed by atoms with E-state index < -0.39 is 0 Å². The summed E-state index contributed by atoms with van der Waals surface area (Å²) in [5, 5.41) is 0. The van der Waals surface area contributed by atoms with Gasteiger partial charge in [-0.1, -0.05) is 30.0 Å². The van der Waals surface area contributed by atoms with Crippen LogP contribution >= 0.6 is 24.0 Å². The molecule has 2 aliphatic heterocycles. The van der Waals surface area contributed by atoms with Crippen molar-refractivity contribution in [2.75, 3.05) is 33.9 Å². The summed E-state index contributed by atoms with van der Waals surface area (Å²) in [6, 6.07) is 5.42. The molecule has 1 aromatic carbocycles. The monoisotopic (exact) mass is 406 g/mol. The second-order valence-corrected chi connectivity index (χ2v) is 8.00. The number of piperidine rings is 1.